The van der Waals surface area contributed by atoms with E-state index in [4.69, 9.17) is 9.97 Å². The monoisotopic (exact) mass is 376 g/mol. The van der Waals surface area contributed by atoms with Gasteiger partial charge < -0.3 is 9.47 Å². The van der Waals surface area contributed by atoms with Crippen molar-refractivity contribution >= 4 is 56.3 Å². The lowest BCUT2D eigenvalue weighted by Crippen LogP contribution is -2.18. The maximum Gasteiger partial charge on any atom is 0.160 e. The first-order chi connectivity index (χ1) is 12.7. The van der Waals surface area contributed by atoms with Crippen molar-refractivity contribution in [2.24, 2.45) is 0 Å². The molecule has 0 atom stereocenters. The fraction of sp³-hybridized carbons (Fsp3) is 0.182. The number of nitrogens with zero attached hydrogens (tertiary/aromatic N) is 4. The molecule has 0 aliphatic carbocycles. The van der Waals surface area contributed by atoms with Crippen LogP contribution in [0.1, 0.15) is 0 Å². The van der Waals surface area contributed by atoms with Crippen molar-refractivity contribution in [2.45, 2.75) is 6.54 Å². The molecule has 0 spiro atoms. The number of fused-ring (bicyclic) bond motifs is 5. The molecule has 5 aromatic rings. The molecule has 0 bridgehead atoms. The van der Waals surface area contributed by atoms with E-state index in [0.29, 0.717) is 0 Å². The maximum atomic E-state index is 5.02. The summed E-state index contributed by atoms with van der Waals surface area (Å²) in [5.41, 5.74) is 5.05. The molecule has 0 radical (unpaired) electrons. The van der Waals surface area contributed by atoms with Crippen LogP contribution in [0.15, 0.2) is 60.7 Å². The maximum absolute atomic E-state index is 5.02. The molecule has 2 aromatic heterocycles. The van der Waals surface area contributed by atoms with E-state index in [1.165, 1.54) is 21.7 Å². The lowest BCUT2D eigenvalue weighted by molar-refractivity contribution is 0.389. The minimum absolute atomic E-state index is 0. The summed E-state index contributed by atoms with van der Waals surface area (Å²) in [6.07, 6.45) is 0. The van der Waals surface area contributed by atoms with Crippen LogP contribution in [-0.4, -0.2) is 40.1 Å². The Morgan fingerprint density at radius 1 is 0.852 bits per heavy atom. The van der Waals surface area contributed by atoms with Crippen molar-refractivity contribution in [2.75, 3.05) is 20.6 Å². The predicted molar refractivity (Wildman–Crippen MR) is 116 cm³/mol. The number of hydrogen-bond acceptors (Lipinski definition) is 3. The molecule has 0 amide bonds. The van der Waals surface area contributed by atoms with Gasteiger partial charge in [0.2, 0.25) is 0 Å². The normalized spacial score (nSPS) is 11.7. The molecule has 0 N–H and O–H groups in total. The van der Waals surface area contributed by atoms with Crippen LogP contribution in [0.4, 0.5) is 0 Å². The van der Waals surface area contributed by atoms with E-state index in [0.717, 1.165) is 35.3 Å². The van der Waals surface area contributed by atoms with E-state index in [2.05, 4.69) is 84.2 Å². The Hall–Kier alpha value is -2.69. The quantitative estimate of drug-likeness (QED) is 0.421. The fourth-order valence-corrected chi connectivity index (χ4v) is 3.65. The molecule has 27 heavy (non-hydrogen) atoms. The highest BCUT2D eigenvalue weighted by Crippen LogP contribution is 2.29. The molecule has 136 valence electrons. The molecule has 5 rings (SSSR count). The Morgan fingerprint density at radius 2 is 1.48 bits per heavy atom. The van der Waals surface area contributed by atoms with Gasteiger partial charge in [0, 0.05) is 18.5 Å². The molecule has 0 aliphatic heterocycles. The van der Waals surface area contributed by atoms with Gasteiger partial charge in [-0.2, -0.15) is 0 Å². The van der Waals surface area contributed by atoms with Crippen molar-refractivity contribution in [3.8, 4) is 0 Å². The Balaban J connectivity index is 0.00000180. The van der Waals surface area contributed by atoms with Crippen molar-refractivity contribution in [1.29, 1.82) is 0 Å². The van der Waals surface area contributed by atoms with Crippen molar-refractivity contribution in [3.05, 3.63) is 60.7 Å². The Kier molecular flexibility index (Phi) is 4.46. The van der Waals surface area contributed by atoms with Crippen LogP contribution in [0.25, 0.3) is 43.9 Å². The Morgan fingerprint density at radius 3 is 2.19 bits per heavy atom. The van der Waals surface area contributed by atoms with E-state index in [1.54, 1.807) is 0 Å². The summed E-state index contributed by atoms with van der Waals surface area (Å²) in [5.74, 6) is 0. The molecule has 0 unspecified atom stereocenters. The van der Waals surface area contributed by atoms with Gasteiger partial charge in [-0.25, -0.2) is 9.97 Å². The lowest BCUT2D eigenvalue weighted by atomic mass is 10.1. The molecule has 2 heterocycles. The van der Waals surface area contributed by atoms with Crippen LogP contribution < -0.4 is 0 Å². The smallest absolute Gasteiger partial charge is 0.160 e. The van der Waals surface area contributed by atoms with Gasteiger partial charge in [0.05, 0.1) is 16.6 Å². The summed E-state index contributed by atoms with van der Waals surface area (Å²) in [4.78, 5) is 12.2. The first kappa shape index (κ1) is 17.7. The predicted octanol–water partition coefficient (Wildman–Crippen LogP) is 4.87. The van der Waals surface area contributed by atoms with Crippen LogP contribution in [-0.2, 0) is 6.54 Å². The van der Waals surface area contributed by atoms with E-state index >= 15 is 0 Å². The van der Waals surface area contributed by atoms with E-state index in [1.807, 2.05) is 0 Å². The zero-order valence-corrected chi connectivity index (χ0v) is 16.2. The van der Waals surface area contributed by atoms with Crippen LogP contribution in [0.2, 0.25) is 0 Å². The molecule has 4 nitrogen and oxygen atoms in total. The second kappa shape index (κ2) is 6.80. The third-order valence-corrected chi connectivity index (χ3v) is 4.99. The standard InChI is InChI=1S/C22H20N4.ClH/c1-25(2)11-12-26-20-10-6-5-9-17(20)21-22(26)24-19-14-16-8-4-3-7-15(16)13-18(19)23-21;/h3-10,13-14H,11-12H2,1-2H3;1H. The van der Waals surface area contributed by atoms with Crippen molar-refractivity contribution < 1.29 is 0 Å². The van der Waals surface area contributed by atoms with E-state index < -0.39 is 0 Å². The highest BCUT2D eigenvalue weighted by Gasteiger charge is 2.14. The van der Waals surface area contributed by atoms with Gasteiger partial charge in [-0.3, -0.25) is 0 Å². The van der Waals surface area contributed by atoms with Gasteiger partial charge in [0.1, 0.15) is 5.52 Å². The topological polar surface area (TPSA) is 34.0 Å². The van der Waals surface area contributed by atoms with Crippen LogP contribution in [0.3, 0.4) is 0 Å². The fourth-order valence-electron chi connectivity index (χ4n) is 3.65. The number of halogens is 1. The zero-order valence-electron chi connectivity index (χ0n) is 15.4. The van der Waals surface area contributed by atoms with Crippen molar-refractivity contribution in [3.63, 3.8) is 0 Å². The van der Waals surface area contributed by atoms with Gasteiger partial charge in [0.15, 0.2) is 5.65 Å². The molecular formula is C22H21ClN4. The minimum atomic E-state index is 0. The number of benzene rings is 3. The second-order valence-electron chi connectivity index (χ2n) is 7.06. The van der Waals surface area contributed by atoms with Gasteiger partial charge in [0.25, 0.3) is 0 Å². The molecular weight excluding hydrogens is 356 g/mol. The first-order valence-corrected chi connectivity index (χ1v) is 8.93. The molecule has 0 saturated heterocycles. The van der Waals surface area contributed by atoms with Gasteiger partial charge >= 0.3 is 0 Å². The second-order valence-corrected chi connectivity index (χ2v) is 7.06. The first-order valence-electron chi connectivity index (χ1n) is 8.93. The van der Waals surface area contributed by atoms with Crippen LogP contribution >= 0.6 is 12.4 Å². The van der Waals surface area contributed by atoms with Crippen molar-refractivity contribution in [1.82, 2.24) is 19.4 Å². The third kappa shape index (κ3) is 2.91. The number of rotatable bonds is 3. The van der Waals surface area contributed by atoms with E-state index in [9.17, 15) is 0 Å². The Bertz CT molecular complexity index is 1270. The summed E-state index contributed by atoms with van der Waals surface area (Å²) < 4.78 is 2.30. The number of likely N-dealkylation sites (N-methyl/N-ethyl adjacent to an activating group) is 1. The minimum Gasteiger partial charge on any atom is -0.323 e. The van der Waals surface area contributed by atoms with Gasteiger partial charge in [-0.1, -0.05) is 42.5 Å². The third-order valence-electron chi connectivity index (χ3n) is 4.99. The Labute approximate surface area is 163 Å². The largest absolute Gasteiger partial charge is 0.323 e. The summed E-state index contributed by atoms with van der Waals surface area (Å²) in [5, 5.41) is 3.57. The molecule has 0 aliphatic rings. The molecule has 3 aromatic carbocycles. The molecule has 5 heteroatoms. The lowest BCUT2D eigenvalue weighted by Gasteiger charge is -2.12. The van der Waals surface area contributed by atoms with Gasteiger partial charge in [-0.05, 0) is 43.1 Å². The molecule has 0 saturated carbocycles. The number of aromatic nitrogens is 3. The average molecular weight is 377 g/mol. The SMILES string of the molecule is CN(C)CCn1c2ccccc2c2nc3cc4ccccc4cc3nc21.Cl. The summed E-state index contributed by atoms with van der Waals surface area (Å²) in [7, 11) is 4.20. The average Bonchev–Trinajstić information content (AvgIpc) is 2.95. The van der Waals surface area contributed by atoms with Crippen LogP contribution in [0, 0.1) is 0 Å². The number of para-hydroxylation sites is 1. The zero-order chi connectivity index (χ0) is 17.7. The summed E-state index contributed by atoms with van der Waals surface area (Å²) >= 11 is 0. The summed E-state index contributed by atoms with van der Waals surface area (Å²) in [6.45, 7) is 1.86. The van der Waals surface area contributed by atoms with E-state index in [-0.39, 0.29) is 12.4 Å². The highest BCUT2D eigenvalue weighted by atomic mass is 35.5. The van der Waals surface area contributed by atoms with Gasteiger partial charge in [-0.15, -0.1) is 12.4 Å². The number of hydrogen-bond donors (Lipinski definition) is 0. The highest BCUT2D eigenvalue weighted by molar-refractivity contribution is 6.07. The van der Waals surface area contributed by atoms with Crippen LogP contribution in [0.5, 0.6) is 0 Å². The molecule has 0 fully saturated rings. The summed E-state index contributed by atoms with van der Waals surface area (Å²) in [6, 6.07) is 21.1.